The molecule has 0 aliphatic heterocycles. The van der Waals surface area contributed by atoms with Crippen LogP contribution in [-0.2, 0) is 13.1 Å². The molecule has 5 rings (SSSR count). The number of hydrogen-bond donors (Lipinski definition) is 4. The second-order valence-electron chi connectivity index (χ2n) is 9.78. The second-order valence-corrected chi connectivity index (χ2v) is 9.78. The Morgan fingerprint density at radius 3 is 2.97 bits per heavy atom. The Kier molecular flexibility index (Phi) is 7.56. The molecule has 1 aliphatic rings. The fraction of sp³-hybridized carbons (Fsp3) is 0.379. The van der Waals surface area contributed by atoms with Crippen LogP contribution in [0.25, 0.3) is 21.8 Å². The maximum absolute atomic E-state index is 11.6. The number of fused-ring (bicyclic) bond motifs is 2. The van der Waals surface area contributed by atoms with Crippen LogP contribution in [0.5, 0.6) is 5.75 Å². The van der Waals surface area contributed by atoms with E-state index in [9.17, 15) is 15.0 Å². The highest BCUT2D eigenvalue weighted by molar-refractivity contribution is 5.87. The number of nitrogens with zero attached hydrogens (tertiary/aromatic N) is 3. The van der Waals surface area contributed by atoms with Crippen LogP contribution < -0.4 is 10.9 Å². The highest BCUT2D eigenvalue weighted by Gasteiger charge is 2.16. The molecule has 0 spiro atoms. The number of aromatic amines is 1. The summed E-state index contributed by atoms with van der Waals surface area (Å²) in [5.41, 5.74) is 2.92. The van der Waals surface area contributed by atoms with Crippen molar-refractivity contribution in [1.29, 1.82) is 0 Å². The van der Waals surface area contributed by atoms with Crippen LogP contribution in [0.1, 0.15) is 42.9 Å². The summed E-state index contributed by atoms with van der Waals surface area (Å²) < 4.78 is 2.07. The number of rotatable bonds is 10. The third-order valence-electron chi connectivity index (χ3n) is 7.21. The first-order valence-corrected chi connectivity index (χ1v) is 12.8. The van der Waals surface area contributed by atoms with Gasteiger partial charge in [-0.15, -0.1) is 11.8 Å². The minimum atomic E-state index is -0.792. The molecule has 0 saturated heterocycles. The van der Waals surface area contributed by atoms with Crippen molar-refractivity contribution in [3.8, 4) is 17.6 Å². The SMILES string of the molecule is CN(CCCn1ncc2cc(CNC[C@H](O)c3ccc(O)c4[nH]c(=O)ccc34)ccc21)C1CC#CCC1. The number of phenolic OH excluding ortho intramolecular Hbond substituents is 1. The van der Waals surface area contributed by atoms with Gasteiger partial charge in [-0.05, 0) is 61.8 Å². The lowest BCUT2D eigenvalue weighted by atomic mass is 10.0. The summed E-state index contributed by atoms with van der Waals surface area (Å²) in [6.07, 6.45) is 5.30. The molecule has 8 nitrogen and oxygen atoms in total. The van der Waals surface area contributed by atoms with Crippen molar-refractivity contribution >= 4 is 21.8 Å². The predicted molar refractivity (Wildman–Crippen MR) is 145 cm³/mol. The van der Waals surface area contributed by atoms with Gasteiger partial charge in [0.2, 0.25) is 5.56 Å². The van der Waals surface area contributed by atoms with Gasteiger partial charge >= 0.3 is 0 Å². The molecule has 1 aliphatic carbocycles. The molecule has 4 aromatic rings. The van der Waals surface area contributed by atoms with Crippen LogP contribution in [0.4, 0.5) is 0 Å². The topological polar surface area (TPSA) is 106 Å². The smallest absolute Gasteiger partial charge is 0.248 e. The maximum atomic E-state index is 11.6. The zero-order valence-corrected chi connectivity index (χ0v) is 21.1. The van der Waals surface area contributed by atoms with E-state index in [4.69, 9.17) is 0 Å². The molecule has 192 valence electrons. The van der Waals surface area contributed by atoms with E-state index in [2.05, 4.69) is 62.1 Å². The Bertz CT molecular complexity index is 1510. The van der Waals surface area contributed by atoms with E-state index in [1.54, 1.807) is 12.1 Å². The van der Waals surface area contributed by atoms with Gasteiger partial charge in [0, 0.05) is 55.4 Å². The number of aryl methyl sites for hydroxylation is 1. The zero-order valence-electron chi connectivity index (χ0n) is 21.1. The molecule has 0 radical (unpaired) electrons. The summed E-state index contributed by atoms with van der Waals surface area (Å²) in [5, 5.41) is 30.5. The average Bonchev–Trinajstić information content (AvgIpc) is 3.31. The maximum Gasteiger partial charge on any atom is 0.248 e. The Morgan fingerprint density at radius 1 is 1.24 bits per heavy atom. The fourth-order valence-electron chi connectivity index (χ4n) is 5.09. The summed E-state index contributed by atoms with van der Waals surface area (Å²) in [6.45, 7) is 2.84. The number of aromatic nitrogens is 3. The van der Waals surface area contributed by atoms with Crippen molar-refractivity contribution in [1.82, 2.24) is 25.0 Å². The molecule has 0 saturated carbocycles. The second kappa shape index (κ2) is 11.2. The van der Waals surface area contributed by atoms with Crippen LogP contribution in [0, 0.1) is 11.8 Å². The van der Waals surface area contributed by atoms with Crippen molar-refractivity contribution in [2.75, 3.05) is 20.1 Å². The highest BCUT2D eigenvalue weighted by atomic mass is 16.3. The lowest BCUT2D eigenvalue weighted by Crippen LogP contribution is -2.33. The van der Waals surface area contributed by atoms with E-state index in [1.807, 2.05) is 6.20 Å². The van der Waals surface area contributed by atoms with Crippen LogP contribution in [0.2, 0.25) is 0 Å². The van der Waals surface area contributed by atoms with Crippen LogP contribution in [0.3, 0.4) is 0 Å². The van der Waals surface area contributed by atoms with E-state index in [0.717, 1.165) is 55.2 Å². The first-order chi connectivity index (χ1) is 18.0. The molecule has 2 aromatic heterocycles. The standard InChI is InChI=1S/C29H33N5O3/c1-33(22-6-3-2-4-7-22)14-5-15-34-25-11-8-20(16-21(25)18-31-34)17-30-19-27(36)23-9-12-26(35)29-24(23)10-13-28(37)32-29/h8-13,16,18,22,27,30,35-36H,3,5-7,14-15,17,19H2,1H3,(H,32,37)/t22?,27-/m0/s1. The minimum absolute atomic E-state index is 0.0171. The van der Waals surface area contributed by atoms with E-state index in [1.165, 1.54) is 12.1 Å². The normalized spacial score (nSPS) is 16.2. The molecule has 8 heteroatoms. The van der Waals surface area contributed by atoms with Crippen molar-refractivity contribution in [3.05, 3.63) is 70.1 Å². The van der Waals surface area contributed by atoms with Gasteiger partial charge in [-0.1, -0.05) is 12.1 Å². The lowest BCUT2D eigenvalue weighted by Gasteiger charge is -2.27. The molecule has 0 fully saturated rings. The molecule has 37 heavy (non-hydrogen) atoms. The van der Waals surface area contributed by atoms with E-state index < -0.39 is 6.10 Å². The van der Waals surface area contributed by atoms with E-state index in [0.29, 0.717) is 35.6 Å². The quantitative estimate of drug-likeness (QED) is 0.250. The van der Waals surface area contributed by atoms with Crippen molar-refractivity contribution < 1.29 is 10.2 Å². The molecule has 1 unspecified atom stereocenters. The third kappa shape index (κ3) is 5.70. The summed E-state index contributed by atoms with van der Waals surface area (Å²) in [7, 11) is 2.19. The number of hydrogen-bond acceptors (Lipinski definition) is 6. The number of nitrogens with one attached hydrogen (secondary N) is 2. The lowest BCUT2D eigenvalue weighted by molar-refractivity contribution is 0.176. The van der Waals surface area contributed by atoms with Gasteiger partial charge in [0.1, 0.15) is 5.75 Å². The summed E-state index contributed by atoms with van der Waals surface area (Å²) in [5.74, 6) is 6.40. The highest BCUT2D eigenvalue weighted by Crippen LogP contribution is 2.28. The van der Waals surface area contributed by atoms with Gasteiger partial charge in [-0.25, -0.2) is 0 Å². The third-order valence-corrected chi connectivity index (χ3v) is 7.21. The number of pyridine rings is 1. The fourth-order valence-corrected chi connectivity index (χ4v) is 5.09. The monoisotopic (exact) mass is 499 g/mol. The van der Waals surface area contributed by atoms with Crippen LogP contribution in [-0.4, -0.2) is 56.1 Å². The largest absolute Gasteiger partial charge is 0.506 e. The predicted octanol–water partition coefficient (Wildman–Crippen LogP) is 3.28. The molecule has 0 amide bonds. The summed E-state index contributed by atoms with van der Waals surface area (Å²) in [6, 6.07) is 13.1. The Hall–Kier alpha value is -3.64. The molecule has 2 aromatic carbocycles. The molecule has 2 atom stereocenters. The average molecular weight is 500 g/mol. The number of aromatic hydroxyl groups is 1. The number of phenols is 1. The van der Waals surface area contributed by atoms with Crippen molar-refractivity contribution in [2.45, 2.75) is 50.9 Å². The number of aliphatic hydroxyl groups excluding tert-OH is 1. The van der Waals surface area contributed by atoms with Crippen molar-refractivity contribution in [2.24, 2.45) is 0 Å². The first-order valence-electron chi connectivity index (χ1n) is 12.8. The van der Waals surface area contributed by atoms with E-state index in [-0.39, 0.29) is 11.3 Å². The number of aliphatic hydroxyl groups is 1. The zero-order chi connectivity index (χ0) is 25.8. The first kappa shape index (κ1) is 25.0. The van der Waals surface area contributed by atoms with Gasteiger partial charge in [0.05, 0.1) is 23.3 Å². The van der Waals surface area contributed by atoms with Crippen LogP contribution in [0.15, 0.2) is 53.5 Å². The Balaban J connectivity index is 1.16. The summed E-state index contributed by atoms with van der Waals surface area (Å²) >= 11 is 0. The summed E-state index contributed by atoms with van der Waals surface area (Å²) in [4.78, 5) is 16.7. The van der Waals surface area contributed by atoms with Gasteiger partial charge in [-0.3, -0.25) is 9.48 Å². The van der Waals surface area contributed by atoms with Crippen LogP contribution >= 0.6 is 0 Å². The molecule has 4 N–H and O–H groups in total. The van der Waals surface area contributed by atoms with Gasteiger partial charge in [-0.2, -0.15) is 5.10 Å². The van der Waals surface area contributed by atoms with Gasteiger partial charge < -0.3 is 25.4 Å². The minimum Gasteiger partial charge on any atom is -0.506 e. The Labute approximate surface area is 215 Å². The molecular weight excluding hydrogens is 466 g/mol. The molecular formula is C29H33N5O3. The Morgan fingerprint density at radius 2 is 2.14 bits per heavy atom. The van der Waals surface area contributed by atoms with Crippen molar-refractivity contribution in [3.63, 3.8) is 0 Å². The molecule has 2 heterocycles. The number of benzene rings is 2. The van der Waals surface area contributed by atoms with Gasteiger partial charge in [0.15, 0.2) is 0 Å². The number of H-pyrrole nitrogens is 1. The van der Waals surface area contributed by atoms with E-state index >= 15 is 0 Å². The molecule has 0 bridgehead atoms. The van der Waals surface area contributed by atoms with Gasteiger partial charge in [0.25, 0.3) is 0 Å².